The topological polar surface area (TPSA) is 111 Å². The maximum absolute atomic E-state index is 12.4. The van der Waals surface area contributed by atoms with E-state index in [1.807, 2.05) is 30.3 Å². The lowest BCUT2D eigenvalue weighted by Gasteiger charge is -2.06. The highest BCUT2D eigenvalue weighted by atomic mass is 16.6. The summed E-state index contributed by atoms with van der Waals surface area (Å²) in [6.07, 6.45) is 0. The lowest BCUT2D eigenvalue weighted by atomic mass is 10.1. The number of hydrogen-bond acceptors (Lipinski definition) is 6. The van der Waals surface area contributed by atoms with Gasteiger partial charge in [-0.3, -0.25) is 14.9 Å². The SMILES string of the molecule is O=C(Nc1cccc(-c2nc(-c3ccccc3)no2)c1)c1ccc([N+](=O)[O-])cc1. The van der Waals surface area contributed by atoms with Crippen LogP contribution in [0.4, 0.5) is 11.4 Å². The Balaban J connectivity index is 1.52. The Labute approximate surface area is 165 Å². The fourth-order valence-corrected chi connectivity index (χ4v) is 2.71. The highest BCUT2D eigenvalue weighted by molar-refractivity contribution is 6.04. The normalized spacial score (nSPS) is 10.5. The molecule has 0 aliphatic rings. The number of benzene rings is 3. The summed E-state index contributed by atoms with van der Waals surface area (Å²) in [5.74, 6) is 0.420. The van der Waals surface area contributed by atoms with Crippen LogP contribution < -0.4 is 5.32 Å². The second kappa shape index (κ2) is 7.73. The van der Waals surface area contributed by atoms with E-state index >= 15 is 0 Å². The molecule has 1 N–H and O–H groups in total. The minimum Gasteiger partial charge on any atom is -0.334 e. The van der Waals surface area contributed by atoms with Crippen molar-refractivity contribution in [3.63, 3.8) is 0 Å². The Bertz CT molecular complexity index is 1170. The molecule has 0 saturated carbocycles. The van der Waals surface area contributed by atoms with Gasteiger partial charge in [0.1, 0.15) is 0 Å². The fraction of sp³-hybridized carbons (Fsp3) is 0. The van der Waals surface area contributed by atoms with Crippen molar-refractivity contribution < 1.29 is 14.2 Å². The van der Waals surface area contributed by atoms with Crippen LogP contribution in [-0.4, -0.2) is 21.0 Å². The van der Waals surface area contributed by atoms with E-state index in [4.69, 9.17) is 4.52 Å². The molecule has 8 heteroatoms. The molecule has 0 spiro atoms. The van der Waals surface area contributed by atoms with E-state index in [2.05, 4.69) is 15.5 Å². The molecule has 0 fully saturated rings. The summed E-state index contributed by atoms with van der Waals surface area (Å²) < 4.78 is 5.35. The van der Waals surface area contributed by atoms with Gasteiger partial charge in [-0.05, 0) is 30.3 Å². The minimum absolute atomic E-state index is 0.0749. The third-order valence-electron chi connectivity index (χ3n) is 4.17. The van der Waals surface area contributed by atoms with Crippen LogP contribution in [-0.2, 0) is 0 Å². The van der Waals surface area contributed by atoms with Gasteiger partial charge < -0.3 is 9.84 Å². The van der Waals surface area contributed by atoms with Crippen LogP contribution >= 0.6 is 0 Å². The zero-order valence-corrected chi connectivity index (χ0v) is 15.0. The molecule has 0 saturated heterocycles. The van der Waals surface area contributed by atoms with Crippen molar-refractivity contribution in [3.05, 3.63) is 94.5 Å². The zero-order chi connectivity index (χ0) is 20.2. The first-order valence-electron chi connectivity index (χ1n) is 8.65. The van der Waals surface area contributed by atoms with Crippen LogP contribution in [0, 0.1) is 10.1 Å². The number of nitrogens with one attached hydrogen (secondary N) is 1. The summed E-state index contributed by atoms with van der Waals surface area (Å²) in [7, 11) is 0. The molecule has 4 aromatic rings. The second-order valence-electron chi connectivity index (χ2n) is 6.13. The monoisotopic (exact) mass is 386 g/mol. The van der Waals surface area contributed by atoms with E-state index in [0.717, 1.165) is 5.56 Å². The van der Waals surface area contributed by atoms with E-state index in [1.165, 1.54) is 24.3 Å². The number of nitrogens with zero attached hydrogens (tertiary/aromatic N) is 3. The summed E-state index contributed by atoms with van der Waals surface area (Å²) in [6, 6.07) is 21.8. The van der Waals surface area contributed by atoms with Crippen molar-refractivity contribution in [2.45, 2.75) is 0 Å². The first kappa shape index (κ1) is 18.1. The molecule has 4 rings (SSSR count). The van der Waals surface area contributed by atoms with E-state index < -0.39 is 4.92 Å². The Morgan fingerprint density at radius 1 is 0.931 bits per heavy atom. The van der Waals surface area contributed by atoms with Gasteiger partial charge in [0.25, 0.3) is 17.5 Å². The molecule has 142 valence electrons. The molecule has 1 aromatic heterocycles. The van der Waals surface area contributed by atoms with Crippen LogP contribution in [0.15, 0.2) is 83.4 Å². The number of aromatic nitrogens is 2. The summed E-state index contributed by atoms with van der Waals surface area (Å²) in [5, 5.41) is 17.5. The average Bonchev–Trinajstić information content (AvgIpc) is 3.25. The molecule has 3 aromatic carbocycles. The maximum Gasteiger partial charge on any atom is 0.269 e. The Morgan fingerprint density at radius 2 is 1.66 bits per heavy atom. The van der Waals surface area contributed by atoms with Crippen molar-refractivity contribution in [1.29, 1.82) is 0 Å². The molecule has 1 heterocycles. The average molecular weight is 386 g/mol. The lowest BCUT2D eigenvalue weighted by Crippen LogP contribution is -2.11. The number of amides is 1. The first-order valence-corrected chi connectivity index (χ1v) is 8.65. The van der Waals surface area contributed by atoms with Crippen molar-refractivity contribution in [2.24, 2.45) is 0 Å². The van der Waals surface area contributed by atoms with Gasteiger partial charge in [0.15, 0.2) is 0 Å². The second-order valence-corrected chi connectivity index (χ2v) is 6.13. The highest BCUT2D eigenvalue weighted by Gasteiger charge is 2.13. The minimum atomic E-state index is -0.515. The summed E-state index contributed by atoms with van der Waals surface area (Å²) in [4.78, 5) is 27.0. The third kappa shape index (κ3) is 4.01. The van der Waals surface area contributed by atoms with Crippen LogP contribution in [0.5, 0.6) is 0 Å². The molecule has 29 heavy (non-hydrogen) atoms. The zero-order valence-electron chi connectivity index (χ0n) is 15.0. The number of nitro groups is 1. The predicted octanol–water partition coefficient (Wildman–Crippen LogP) is 4.56. The summed E-state index contributed by atoms with van der Waals surface area (Å²) in [6.45, 7) is 0. The molecular weight excluding hydrogens is 372 g/mol. The van der Waals surface area contributed by atoms with Gasteiger partial charge in [-0.2, -0.15) is 4.98 Å². The van der Waals surface area contributed by atoms with Crippen LogP contribution in [0.3, 0.4) is 0 Å². The van der Waals surface area contributed by atoms with Crippen molar-refractivity contribution in [2.75, 3.05) is 5.32 Å². The van der Waals surface area contributed by atoms with E-state index in [1.54, 1.807) is 24.3 Å². The summed E-state index contributed by atoms with van der Waals surface area (Å²) in [5.41, 5.74) is 2.26. The maximum atomic E-state index is 12.4. The van der Waals surface area contributed by atoms with Crippen molar-refractivity contribution in [3.8, 4) is 22.8 Å². The first-order chi connectivity index (χ1) is 14.1. The van der Waals surface area contributed by atoms with Crippen LogP contribution in [0.25, 0.3) is 22.8 Å². The smallest absolute Gasteiger partial charge is 0.269 e. The standard InChI is InChI=1S/C21H14N4O4/c26-20(15-9-11-18(12-10-15)25(27)28)22-17-8-4-7-16(13-17)21-23-19(24-29-21)14-5-2-1-3-6-14/h1-13H,(H,22,26). The van der Waals surface area contributed by atoms with E-state index in [-0.39, 0.29) is 11.6 Å². The Kier molecular flexibility index (Phi) is 4.81. The fourth-order valence-electron chi connectivity index (χ4n) is 2.71. The molecule has 1 amide bonds. The molecule has 0 unspecified atom stereocenters. The Hall–Kier alpha value is -4.33. The van der Waals surface area contributed by atoms with Gasteiger partial charge in [-0.1, -0.05) is 41.6 Å². The number of hydrogen-bond donors (Lipinski definition) is 1. The predicted molar refractivity (Wildman–Crippen MR) is 106 cm³/mol. The van der Waals surface area contributed by atoms with Crippen LogP contribution in [0.1, 0.15) is 10.4 Å². The van der Waals surface area contributed by atoms with Crippen LogP contribution in [0.2, 0.25) is 0 Å². The van der Waals surface area contributed by atoms with E-state index in [9.17, 15) is 14.9 Å². The highest BCUT2D eigenvalue weighted by Crippen LogP contribution is 2.24. The quantitative estimate of drug-likeness (QED) is 0.397. The van der Waals surface area contributed by atoms with Gasteiger partial charge in [0.05, 0.1) is 4.92 Å². The Morgan fingerprint density at radius 3 is 2.38 bits per heavy atom. The molecule has 0 atom stereocenters. The molecule has 0 aliphatic heterocycles. The van der Waals surface area contributed by atoms with Gasteiger partial charge >= 0.3 is 0 Å². The number of non-ortho nitro benzene ring substituents is 1. The number of carbonyl (C=O) groups excluding carboxylic acids is 1. The largest absolute Gasteiger partial charge is 0.334 e. The molecular formula is C21H14N4O4. The molecule has 0 aliphatic carbocycles. The van der Waals surface area contributed by atoms with Gasteiger partial charge in [0, 0.05) is 34.5 Å². The molecule has 0 bridgehead atoms. The van der Waals surface area contributed by atoms with Gasteiger partial charge in [-0.15, -0.1) is 0 Å². The van der Waals surface area contributed by atoms with E-state index in [0.29, 0.717) is 28.5 Å². The number of rotatable bonds is 5. The molecule has 8 nitrogen and oxygen atoms in total. The molecule has 0 radical (unpaired) electrons. The third-order valence-corrected chi connectivity index (χ3v) is 4.17. The number of carbonyl (C=O) groups is 1. The lowest BCUT2D eigenvalue weighted by molar-refractivity contribution is -0.384. The van der Waals surface area contributed by atoms with Gasteiger partial charge in [-0.25, -0.2) is 0 Å². The number of anilines is 1. The van der Waals surface area contributed by atoms with Crippen molar-refractivity contribution >= 4 is 17.3 Å². The van der Waals surface area contributed by atoms with Crippen molar-refractivity contribution in [1.82, 2.24) is 10.1 Å². The number of nitro benzene ring substituents is 1. The summed E-state index contributed by atoms with van der Waals surface area (Å²) >= 11 is 0. The van der Waals surface area contributed by atoms with Gasteiger partial charge in [0.2, 0.25) is 5.82 Å².